The lowest BCUT2D eigenvalue weighted by molar-refractivity contribution is 1.08. The molecule has 0 unspecified atom stereocenters. The lowest BCUT2D eigenvalue weighted by Crippen LogP contribution is -1.82. The second-order valence-corrected chi connectivity index (χ2v) is 4.34. The van der Waals surface area contributed by atoms with Gasteiger partial charge >= 0.3 is 0 Å². The first-order chi connectivity index (χ1) is 6.65. The average Bonchev–Trinajstić information content (AvgIpc) is 2.50. The van der Waals surface area contributed by atoms with Crippen molar-refractivity contribution in [3.05, 3.63) is 33.0 Å². The first kappa shape index (κ1) is 9.61. The van der Waals surface area contributed by atoms with Gasteiger partial charge in [0.05, 0.1) is 0 Å². The summed E-state index contributed by atoms with van der Waals surface area (Å²) >= 11 is 8.33. The molecule has 0 saturated carbocycles. The predicted molar refractivity (Wildman–Crippen MR) is 61.6 cm³/mol. The number of hydrogen-bond acceptors (Lipinski definition) is 2. The molecule has 0 aliphatic rings. The van der Waals surface area contributed by atoms with Gasteiger partial charge in [-0.1, -0.05) is 15.9 Å². The highest BCUT2D eigenvalue weighted by atomic mass is 79.9. The molecule has 0 aliphatic carbocycles. The molecular formula is C9H8BrN3S. The molecule has 0 fully saturated rings. The van der Waals surface area contributed by atoms with Gasteiger partial charge in [-0.15, -0.1) is 0 Å². The third kappa shape index (κ3) is 1.93. The van der Waals surface area contributed by atoms with Gasteiger partial charge in [0.1, 0.15) is 0 Å². The third-order valence-electron chi connectivity index (χ3n) is 1.82. The largest absolute Gasteiger partial charge is 0.282 e. The summed E-state index contributed by atoms with van der Waals surface area (Å²) in [4.78, 5) is 4.15. The quantitative estimate of drug-likeness (QED) is 0.781. The Labute approximate surface area is 94.7 Å². The molecule has 1 aromatic carbocycles. The summed E-state index contributed by atoms with van der Waals surface area (Å²) in [5.74, 6) is 0.763. The van der Waals surface area contributed by atoms with Gasteiger partial charge in [-0.2, -0.15) is 4.98 Å². The van der Waals surface area contributed by atoms with Gasteiger partial charge in [-0.05, 0) is 42.9 Å². The topological polar surface area (TPSA) is 44.5 Å². The van der Waals surface area contributed by atoms with Crippen molar-refractivity contribution in [2.24, 2.45) is 0 Å². The van der Waals surface area contributed by atoms with E-state index in [1.165, 1.54) is 5.56 Å². The van der Waals surface area contributed by atoms with Gasteiger partial charge in [0, 0.05) is 10.0 Å². The molecule has 14 heavy (non-hydrogen) atoms. The molecule has 2 aromatic rings. The smallest absolute Gasteiger partial charge is 0.213 e. The van der Waals surface area contributed by atoms with E-state index in [1.807, 2.05) is 25.1 Å². The van der Waals surface area contributed by atoms with E-state index in [2.05, 4.69) is 31.1 Å². The van der Waals surface area contributed by atoms with E-state index in [0.717, 1.165) is 15.9 Å². The standard InChI is InChI=1S/C9H8BrN3S/c1-5-2-6(4-7(10)3-5)8-11-9(14)13-12-8/h2-4H,1H3,(H2,11,12,13,14). The average molecular weight is 270 g/mol. The Balaban J connectivity index is 2.56. The number of rotatable bonds is 1. The maximum Gasteiger partial charge on any atom is 0.213 e. The molecule has 2 N–H and O–H groups in total. The zero-order valence-electron chi connectivity index (χ0n) is 7.47. The number of aromatic amines is 2. The summed E-state index contributed by atoms with van der Waals surface area (Å²) in [7, 11) is 0. The molecule has 0 amide bonds. The summed E-state index contributed by atoms with van der Waals surface area (Å²) in [6.45, 7) is 2.04. The van der Waals surface area contributed by atoms with Crippen molar-refractivity contribution in [3.8, 4) is 11.4 Å². The van der Waals surface area contributed by atoms with E-state index in [4.69, 9.17) is 12.2 Å². The molecule has 3 nitrogen and oxygen atoms in total. The summed E-state index contributed by atoms with van der Waals surface area (Å²) in [6, 6.07) is 6.09. The highest BCUT2D eigenvalue weighted by Gasteiger charge is 2.02. The van der Waals surface area contributed by atoms with Crippen LogP contribution in [0.1, 0.15) is 5.56 Å². The number of hydrogen-bond donors (Lipinski definition) is 2. The molecule has 72 valence electrons. The summed E-state index contributed by atoms with van der Waals surface area (Å²) < 4.78 is 1.51. The van der Waals surface area contributed by atoms with Gasteiger partial charge in [0.15, 0.2) is 5.82 Å². The predicted octanol–water partition coefficient (Wildman–Crippen LogP) is 3.21. The number of aryl methyl sites for hydroxylation is 1. The van der Waals surface area contributed by atoms with Gasteiger partial charge < -0.3 is 0 Å². The minimum absolute atomic E-state index is 0.470. The van der Waals surface area contributed by atoms with Crippen LogP contribution in [0.25, 0.3) is 11.4 Å². The molecule has 0 atom stereocenters. The molecule has 0 spiro atoms. The van der Waals surface area contributed by atoms with E-state index >= 15 is 0 Å². The van der Waals surface area contributed by atoms with E-state index < -0.39 is 0 Å². The first-order valence-electron chi connectivity index (χ1n) is 4.07. The van der Waals surface area contributed by atoms with Crippen LogP contribution >= 0.6 is 28.1 Å². The number of H-pyrrole nitrogens is 2. The van der Waals surface area contributed by atoms with Crippen molar-refractivity contribution in [2.45, 2.75) is 6.92 Å². The zero-order valence-corrected chi connectivity index (χ0v) is 9.87. The Bertz CT molecular complexity index is 495. The summed E-state index contributed by atoms with van der Waals surface area (Å²) in [6.07, 6.45) is 0. The van der Waals surface area contributed by atoms with Gasteiger partial charge in [-0.3, -0.25) is 10.2 Å². The molecule has 5 heteroatoms. The third-order valence-corrected chi connectivity index (χ3v) is 2.47. The van der Waals surface area contributed by atoms with Gasteiger partial charge in [0.25, 0.3) is 0 Å². The van der Waals surface area contributed by atoms with Crippen molar-refractivity contribution >= 4 is 28.1 Å². The van der Waals surface area contributed by atoms with Crippen LogP contribution in [0.2, 0.25) is 0 Å². The van der Waals surface area contributed by atoms with Crippen molar-refractivity contribution in [2.75, 3.05) is 0 Å². The fourth-order valence-corrected chi connectivity index (χ4v) is 2.03. The maximum atomic E-state index is 4.89. The van der Waals surface area contributed by atoms with E-state index in [1.54, 1.807) is 0 Å². The number of halogens is 1. The minimum Gasteiger partial charge on any atom is -0.282 e. The highest BCUT2D eigenvalue weighted by Crippen LogP contribution is 2.21. The molecular weight excluding hydrogens is 262 g/mol. The Morgan fingerprint density at radius 1 is 1.29 bits per heavy atom. The first-order valence-corrected chi connectivity index (χ1v) is 5.27. The second kappa shape index (κ2) is 3.67. The molecule has 2 rings (SSSR count). The molecule has 0 saturated heterocycles. The van der Waals surface area contributed by atoms with Crippen molar-refractivity contribution in [3.63, 3.8) is 0 Å². The number of nitrogens with one attached hydrogen (secondary N) is 2. The van der Waals surface area contributed by atoms with Crippen molar-refractivity contribution in [1.29, 1.82) is 0 Å². The van der Waals surface area contributed by atoms with Crippen molar-refractivity contribution < 1.29 is 0 Å². The normalized spacial score (nSPS) is 10.4. The van der Waals surface area contributed by atoms with Gasteiger partial charge in [0.2, 0.25) is 4.77 Å². The van der Waals surface area contributed by atoms with Crippen LogP contribution in [0.3, 0.4) is 0 Å². The van der Waals surface area contributed by atoms with E-state index in [-0.39, 0.29) is 0 Å². The Morgan fingerprint density at radius 3 is 2.64 bits per heavy atom. The minimum atomic E-state index is 0.470. The Kier molecular flexibility index (Phi) is 2.52. The Hall–Kier alpha value is -0.940. The zero-order chi connectivity index (χ0) is 10.1. The fraction of sp³-hybridized carbons (Fsp3) is 0.111. The lowest BCUT2D eigenvalue weighted by atomic mass is 10.1. The summed E-state index contributed by atoms with van der Waals surface area (Å²) in [5.41, 5.74) is 2.20. The molecule has 0 aliphatic heterocycles. The lowest BCUT2D eigenvalue weighted by Gasteiger charge is -1.99. The monoisotopic (exact) mass is 269 g/mol. The van der Waals surface area contributed by atoms with Crippen molar-refractivity contribution in [1.82, 2.24) is 15.2 Å². The second-order valence-electron chi connectivity index (χ2n) is 3.03. The van der Waals surface area contributed by atoms with Crippen LogP contribution in [-0.4, -0.2) is 15.2 Å². The van der Waals surface area contributed by atoms with E-state index in [0.29, 0.717) is 4.77 Å². The van der Waals surface area contributed by atoms with Gasteiger partial charge in [-0.25, -0.2) is 0 Å². The number of nitrogens with zero attached hydrogens (tertiary/aromatic N) is 1. The maximum absolute atomic E-state index is 4.89. The van der Waals surface area contributed by atoms with E-state index in [9.17, 15) is 0 Å². The fourth-order valence-electron chi connectivity index (χ4n) is 1.28. The molecule has 1 heterocycles. The molecule has 1 aromatic heterocycles. The summed E-state index contributed by atoms with van der Waals surface area (Å²) in [5, 5.41) is 5.68. The van der Waals surface area contributed by atoms with Crippen LogP contribution < -0.4 is 0 Å². The SMILES string of the molecule is Cc1cc(Br)cc(-c2nc(=S)[nH][nH]2)c1. The van der Waals surface area contributed by atoms with Crippen LogP contribution in [0.15, 0.2) is 22.7 Å². The Morgan fingerprint density at radius 2 is 2.07 bits per heavy atom. The van der Waals surface area contributed by atoms with Crippen LogP contribution in [0, 0.1) is 11.7 Å². The molecule has 0 bridgehead atoms. The van der Waals surface area contributed by atoms with Crippen LogP contribution in [0.5, 0.6) is 0 Å². The van der Waals surface area contributed by atoms with Crippen LogP contribution in [-0.2, 0) is 0 Å². The highest BCUT2D eigenvalue weighted by molar-refractivity contribution is 9.10. The number of benzene rings is 1. The number of aromatic nitrogens is 3. The molecule has 0 radical (unpaired) electrons. The van der Waals surface area contributed by atoms with Crippen LogP contribution in [0.4, 0.5) is 0 Å².